The Balaban J connectivity index is 1.77. The van der Waals surface area contributed by atoms with Crippen LogP contribution in [-0.2, 0) is 17.6 Å². The number of nitrogens with one attached hydrogen (secondary N) is 2. The van der Waals surface area contributed by atoms with Crippen molar-refractivity contribution < 1.29 is 9.90 Å². The highest BCUT2D eigenvalue weighted by Gasteiger charge is 2.32. The summed E-state index contributed by atoms with van der Waals surface area (Å²) < 4.78 is 0. The van der Waals surface area contributed by atoms with Crippen LogP contribution < -0.4 is 10.9 Å². The molecule has 0 saturated carbocycles. The highest BCUT2D eigenvalue weighted by Crippen LogP contribution is 2.31. The summed E-state index contributed by atoms with van der Waals surface area (Å²) in [6, 6.07) is 7.22. The van der Waals surface area contributed by atoms with Gasteiger partial charge >= 0.3 is 0 Å². The monoisotopic (exact) mass is 313 g/mol. The molecule has 1 aliphatic rings. The lowest BCUT2D eigenvalue weighted by molar-refractivity contribution is -0.122. The van der Waals surface area contributed by atoms with Gasteiger partial charge in [0.1, 0.15) is 5.82 Å². The summed E-state index contributed by atoms with van der Waals surface area (Å²) in [5.41, 5.74) is 2.58. The first-order valence-electron chi connectivity index (χ1n) is 7.57. The molecule has 1 amide bonds. The number of hydrogen-bond donors (Lipinski definition) is 3. The van der Waals surface area contributed by atoms with Crippen molar-refractivity contribution in [2.24, 2.45) is 0 Å². The Morgan fingerprint density at radius 1 is 1.39 bits per heavy atom. The molecule has 0 bridgehead atoms. The highest BCUT2D eigenvalue weighted by atomic mass is 16.3. The van der Waals surface area contributed by atoms with E-state index in [1.807, 2.05) is 24.3 Å². The van der Waals surface area contributed by atoms with Gasteiger partial charge in [-0.25, -0.2) is 4.98 Å². The van der Waals surface area contributed by atoms with E-state index in [9.17, 15) is 14.7 Å². The maximum absolute atomic E-state index is 12.3. The maximum atomic E-state index is 12.3. The van der Waals surface area contributed by atoms with Crippen molar-refractivity contribution in [1.29, 1.82) is 0 Å². The zero-order valence-corrected chi connectivity index (χ0v) is 13.1. The van der Waals surface area contributed by atoms with Crippen LogP contribution in [-0.4, -0.2) is 27.1 Å². The molecule has 1 aromatic carbocycles. The van der Waals surface area contributed by atoms with Crippen molar-refractivity contribution in [2.45, 2.75) is 38.8 Å². The molecule has 2 atom stereocenters. The molecular formula is C17H19N3O3. The van der Waals surface area contributed by atoms with E-state index in [2.05, 4.69) is 15.3 Å². The van der Waals surface area contributed by atoms with Gasteiger partial charge in [0.05, 0.1) is 18.6 Å². The molecule has 1 aromatic heterocycles. The van der Waals surface area contributed by atoms with E-state index in [1.54, 1.807) is 13.8 Å². The van der Waals surface area contributed by atoms with Crippen LogP contribution in [0.1, 0.15) is 34.3 Å². The first kappa shape index (κ1) is 15.4. The Hall–Kier alpha value is -2.47. The van der Waals surface area contributed by atoms with Gasteiger partial charge in [-0.05, 0) is 25.0 Å². The number of H-pyrrole nitrogens is 1. The van der Waals surface area contributed by atoms with Crippen LogP contribution in [0.25, 0.3) is 0 Å². The van der Waals surface area contributed by atoms with Crippen LogP contribution in [0.2, 0.25) is 0 Å². The minimum Gasteiger partial charge on any atom is -0.390 e. The third-order valence-electron chi connectivity index (χ3n) is 4.20. The van der Waals surface area contributed by atoms with E-state index in [0.29, 0.717) is 23.5 Å². The van der Waals surface area contributed by atoms with Gasteiger partial charge in [0, 0.05) is 17.7 Å². The number of aromatic nitrogens is 2. The van der Waals surface area contributed by atoms with Crippen molar-refractivity contribution in [3.8, 4) is 0 Å². The fraction of sp³-hybridized carbons (Fsp3) is 0.353. The first-order chi connectivity index (χ1) is 11.0. The normalized spacial score (nSPS) is 19.4. The molecule has 6 nitrogen and oxygen atoms in total. The first-order valence-corrected chi connectivity index (χ1v) is 7.57. The summed E-state index contributed by atoms with van der Waals surface area (Å²) in [5, 5.41) is 13.0. The number of aryl methyl sites for hydroxylation is 2. The van der Waals surface area contributed by atoms with Crippen molar-refractivity contribution in [3.63, 3.8) is 0 Å². The van der Waals surface area contributed by atoms with E-state index >= 15 is 0 Å². The molecule has 2 aromatic rings. The van der Waals surface area contributed by atoms with Crippen LogP contribution in [0, 0.1) is 13.8 Å². The molecule has 0 fully saturated rings. The molecule has 2 unspecified atom stereocenters. The van der Waals surface area contributed by atoms with Gasteiger partial charge in [0.25, 0.3) is 5.56 Å². The van der Waals surface area contributed by atoms with E-state index < -0.39 is 12.1 Å². The van der Waals surface area contributed by atoms with E-state index in [0.717, 1.165) is 11.1 Å². The van der Waals surface area contributed by atoms with E-state index in [-0.39, 0.29) is 17.9 Å². The number of benzene rings is 1. The van der Waals surface area contributed by atoms with Gasteiger partial charge in [-0.1, -0.05) is 24.3 Å². The van der Waals surface area contributed by atoms with Crippen molar-refractivity contribution in [1.82, 2.24) is 15.3 Å². The van der Waals surface area contributed by atoms with E-state index in [4.69, 9.17) is 0 Å². The number of fused-ring (bicyclic) bond motifs is 1. The second kappa shape index (κ2) is 5.96. The topological polar surface area (TPSA) is 95.1 Å². The van der Waals surface area contributed by atoms with E-state index in [1.165, 1.54) is 0 Å². The largest absolute Gasteiger partial charge is 0.390 e. The average Bonchev–Trinajstić information content (AvgIpc) is 2.79. The SMILES string of the molecule is Cc1nc(C)c(CC(=O)NC2c3ccccc3CC2O)c(=O)[nH]1. The number of aromatic amines is 1. The molecule has 3 rings (SSSR count). The second-order valence-electron chi connectivity index (χ2n) is 5.91. The summed E-state index contributed by atoms with van der Waals surface area (Å²) in [5.74, 6) is 0.224. The third-order valence-corrected chi connectivity index (χ3v) is 4.20. The summed E-state index contributed by atoms with van der Waals surface area (Å²) >= 11 is 0. The van der Waals surface area contributed by atoms with Crippen LogP contribution in [0.4, 0.5) is 0 Å². The quantitative estimate of drug-likeness (QED) is 0.777. The lowest BCUT2D eigenvalue weighted by Gasteiger charge is -2.18. The number of aliphatic hydroxyl groups is 1. The minimum atomic E-state index is -0.646. The predicted molar refractivity (Wildman–Crippen MR) is 85.1 cm³/mol. The van der Waals surface area contributed by atoms with Crippen LogP contribution >= 0.6 is 0 Å². The summed E-state index contributed by atoms with van der Waals surface area (Å²) in [6.07, 6.45) is -0.181. The number of hydrogen-bond acceptors (Lipinski definition) is 4. The fourth-order valence-corrected chi connectivity index (χ4v) is 3.09. The van der Waals surface area contributed by atoms with Crippen molar-refractivity contribution in [2.75, 3.05) is 0 Å². The standard InChI is InChI=1S/C17H19N3O3/c1-9-13(17(23)19-10(2)18-9)8-15(22)20-16-12-6-4-3-5-11(12)7-14(16)21/h3-6,14,16,21H,7-8H2,1-2H3,(H,20,22)(H,18,19,23). The summed E-state index contributed by atoms with van der Waals surface area (Å²) in [6.45, 7) is 3.41. The molecule has 1 aliphatic carbocycles. The zero-order valence-electron chi connectivity index (χ0n) is 13.1. The number of nitrogens with zero attached hydrogens (tertiary/aromatic N) is 1. The zero-order chi connectivity index (χ0) is 16.6. The highest BCUT2D eigenvalue weighted by molar-refractivity contribution is 5.79. The maximum Gasteiger partial charge on any atom is 0.254 e. The van der Waals surface area contributed by atoms with Crippen LogP contribution in [0.5, 0.6) is 0 Å². The van der Waals surface area contributed by atoms with Gasteiger partial charge in [0.2, 0.25) is 5.91 Å². The second-order valence-corrected chi connectivity index (χ2v) is 5.91. The Morgan fingerprint density at radius 3 is 2.87 bits per heavy atom. The molecule has 1 heterocycles. The minimum absolute atomic E-state index is 0.0557. The average molecular weight is 313 g/mol. The van der Waals surface area contributed by atoms with Crippen molar-refractivity contribution >= 4 is 5.91 Å². The molecule has 0 aliphatic heterocycles. The van der Waals surface area contributed by atoms with Crippen LogP contribution in [0.15, 0.2) is 29.1 Å². The molecule has 0 saturated heterocycles. The summed E-state index contributed by atoms with van der Waals surface area (Å²) in [7, 11) is 0. The number of carbonyl (C=O) groups is 1. The molecule has 3 N–H and O–H groups in total. The Kier molecular flexibility index (Phi) is 4.00. The van der Waals surface area contributed by atoms with Gasteiger partial charge in [0.15, 0.2) is 0 Å². The number of carbonyl (C=O) groups excluding carboxylic acids is 1. The molecule has 0 radical (unpaired) electrons. The van der Waals surface area contributed by atoms with Crippen LogP contribution in [0.3, 0.4) is 0 Å². The number of aliphatic hydroxyl groups excluding tert-OH is 1. The van der Waals surface area contributed by atoms with Gasteiger partial charge < -0.3 is 15.4 Å². The lowest BCUT2D eigenvalue weighted by atomic mass is 10.1. The Morgan fingerprint density at radius 2 is 2.13 bits per heavy atom. The molecule has 0 spiro atoms. The van der Waals surface area contributed by atoms with Gasteiger partial charge in [-0.3, -0.25) is 9.59 Å². The summed E-state index contributed by atoms with van der Waals surface area (Å²) in [4.78, 5) is 31.1. The molecule has 6 heteroatoms. The molecule has 120 valence electrons. The predicted octanol–water partition coefficient (Wildman–Crippen LogP) is 0.704. The van der Waals surface area contributed by atoms with Gasteiger partial charge in [-0.15, -0.1) is 0 Å². The third kappa shape index (κ3) is 3.03. The van der Waals surface area contributed by atoms with Crippen molar-refractivity contribution in [3.05, 3.63) is 62.8 Å². The number of amides is 1. The fourth-order valence-electron chi connectivity index (χ4n) is 3.09. The van der Waals surface area contributed by atoms with Gasteiger partial charge in [-0.2, -0.15) is 0 Å². The molecular weight excluding hydrogens is 294 g/mol. The lowest BCUT2D eigenvalue weighted by Crippen LogP contribution is -2.36. The smallest absolute Gasteiger partial charge is 0.254 e. The number of rotatable bonds is 3. The molecule has 23 heavy (non-hydrogen) atoms. The Labute approximate surface area is 133 Å². The Bertz CT molecular complexity index is 813.